The molecule has 1 aromatic carbocycles. The highest BCUT2D eigenvalue weighted by molar-refractivity contribution is 5.86. The second-order valence-corrected chi connectivity index (χ2v) is 5.43. The van der Waals surface area contributed by atoms with Crippen molar-refractivity contribution in [1.29, 1.82) is 0 Å². The maximum Gasteiger partial charge on any atom is 0.239 e. The summed E-state index contributed by atoms with van der Waals surface area (Å²) in [5, 5.41) is 3.95. The minimum absolute atomic E-state index is 0.0411. The third-order valence-electron chi connectivity index (χ3n) is 3.99. The Kier molecular flexibility index (Phi) is 3.64. The van der Waals surface area contributed by atoms with Gasteiger partial charge in [-0.1, -0.05) is 12.1 Å². The van der Waals surface area contributed by atoms with Gasteiger partial charge in [-0.2, -0.15) is 0 Å². The first kappa shape index (κ1) is 13.7. The first-order chi connectivity index (χ1) is 10.1. The van der Waals surface area contributed by atoms with Crippen LogP contribution in [0.3, 0.4) is 0 Å². The SMILES string of the molecule is Cc1cccc2c1ccn2CCC(=O)N1CCNC(=O)C1. The topological polar surface area (TPSA) is 54.3 Å². The third kappa shape index (κ3) is 2.77. The van der Waals surface area contributed by atoms with Gasteiger partial charge in [0, 0.05) is 43.2 Å². The van der Waals surface area contributed by atoms with E-state index in [-0.39, 0.29) is 18.4 Å². The van der Waals surface area contributed by atoms with Crippen LogP contribution in [-0.4, -0.2) is 40.9 Å². The van der Waals surface area contributed by atoms with Crippen LogP contribution in [0.1, 0.15) is 12.0 Å². The Hall–Kier alpha value is -2.30. The van der Waals surface area contributed by atoms with Crippen LogP contribution in [0, 0.1) is 6.92 Å². The van der Waals surface area contributed by atoms with Crippen molar-refractivity contribution in [3.05, 3.63) is 36.0 Å². The van der Waals surface area contributed by atoms with Gasteiger partial charge in [0.2, 0.25) is 11.8 Å². The highest BCUT2D eigenvalue weighted by Crippen LogP contribution is 2.19. The molecule has 1 fully saturated rings. The van der Waals surface area contributed by atoms with E-state index in [0.717, 1.165) is 5.52 Å². The monoisotopic (exact) mass is 285 g/mol. The number of rotatable bonds is 3. The summed E-state index contributed by atoms with van der Waals surface area (Å²) in [6.07, 6.45) is 2.44. The summed E-state index contributed by atoms with van der Waals surface area (Å²) in [6, 6.07) is 8.28. The number of benzene rings is 1. The quantitative estimate of drug-likeness (QED) is 0.924. The van der Waals surface area contributed by atoms with Crippen molar-refractivity contribution in [2.45, 2.75) is 19.9 Å². The van der Waals surface area contributed by atoms with E-state index in [1.54, 1.807) is 4.90 Å². The van der Waals surface area contributed by atoms with Gasteiger partial charge in [-0.15, -0.1) is 0 Å². The number of aromatic nitrogens is 1. The third-order valence-corrected chi connectivity index (χ3v) is 3.99. The van der Waals surface area contributed by atoms with Crippen LogP contribution in [0.5, 0.6) is 0 Å². The van der Waals surface area contributed by atoms with Crippen LogP contribution in [0.15, 0.2) is 30.5 Å². The number of piperazine rings is 1. The maximum absolute atomic E-state index is 12.2. The number of amides is 2. The van der Waals surface area contributed by atoms with Crippen molar-refractivity contribution in [1.82, 2.24) is 14.8 Å². The molecule has 1 saturated heterocycles. The fourth-order valence-electron chi connectivity index (χ4n) is 2.80. The molecular formula is C16H19N3O2. The fourth-order valence-corrected chi connectivity index (χ4v) is 2.80. The predicted molar refractivity (Wildman–Crippen MR) is 80.9 cm³/mol. The van der Waals surface area contributed by atoms with Crippen LogP contribution in [0.25, 0.3) is 10.9 Å². The minimum atomic E-state index is -0.0726. The molecule has 1 N–H and O–H groups in total. The lowest BCUT2D eigenvalue weighted by atomic mass is 10.1. The molecule has 0 spiro atoms. The molecule has 21 heavy (non-hydrogen) atoms. The van der Waals surface area contributed by atoms with Crippen LogP contribution in [-0.2, 0) is 16.1 Å². The van der Waals surface area contributed by atoms with Crippen molar-refractivity contribution in [3.63, 3.8) is 0 Å². The number of hydrogen-bond donors (Lipinski definition) is 1. The predicted octanol–water partition coefficient (Wildman–Crippen LogP) is 1.30. The summed E-state index contributed by atoms with van der Waals surface area (Å²) in [4.78, 5) is 25.1. The smallest absolute Gasteiger partial charge is 0.239 e. The minimum Gasteiger partial charge on any atom is -0.353 e. The summed E-state index contributed by atoms with van der Waals surface area (Å²) in [5.74, 6) is -0.0315. The summed E-state index contributed by atoms with van der Waals surface area (Å²) in [7, 11) is 0. The number of carbonyl (C=O) groups is 2. The lowest BCUT2D eigenvalue weighted by Crippen LogP contribution is -2.50. The zero-order valence-corrected chi connectivity index (χ0v) is 12.1. The number of hydrogen-bond acceptors (Lipinski definition) is 2. The zero-order chi connectivity index (χ0) is 14.8. The molecule has 2 aromatic rings. The molecule has 1 aliphatic rings. The lowest BCUT2D eigenvalue weighted by molar-refractivity contribution is -0.138. The first-order valence-electron chi connectivity index (χ1n) is 7.24. The molecule has 3 rings (SSSR count). The number of nitrogens with one attached hydrogen (secondary N) is 1. The van der Waals surface area contributed by atoms with Crippen molar-refractivity contribution in [2.24, 2.45) is 0 Å². The summed E-state index contributed by atoms with van der Waals surface area (Å²) < 4.78 is 2.10. The Labute approximate surface area is 123 Å². The van der Waals surface area contributed by atoms with Gasteiger partial charge in [-0.25, -0.2) is 0 Å². The summed E-state index contributed by atoms with van der Waals surface area (Å²) in [5.41, 5.74) is 2.39. The Bertz CT molecular complexity index is 690. The lowest BCUT2D eigenvalue weighted by Gasteiger charge is -2.26. The van der Waals surface area contributed by atoms with Crippen molar-refractivity contribution in [3.8, 4) is 0 Å². The molecular weight excluding hydrogens is 266 g/mol. The van der Waals surface area contributed by atoms with E-state index >= 15 is 0 Å². The van der Waals surface area contributed by atoms with Crippen molar-refractivity contribution in [2.75, 3.05) is 19.6 Å². The van der Waals surface area contributed by atoms with E-state index in [2.05, 4.69) is 35.0 Å². The highest BCUT2D eigenvalue weighted by Gasteiger charge is 2.20. The molecule has 0 atom stereocenters. The zero-order valence-electron chi connectivity index (χ0n) is 12.1. The van der Waals surface area contributed by atoms with Crippen LogP contribution in [0.2, 0.25) is 0 Å². The van der Waals surface area contributed by atoms with Gasteiger partial charge in [0.1, 0.15) is 0 Å². The molecule has 0 radical (unpaired) electrons. The Morgan fingerprint density at radius 3 is 3.00 bits per heavy atom. The average molecular weight is 285 g/mol. The van der Waals surface area contributed by atoms with E-state index in [1.165, 1.54) is 10.9 Å². The van der Waals surface area contributed by atoms with Gasteiger partial charge in [0.15, 0.2) is 0 Å². The summed E-state index contributed by atoms with van der Waals surface area (Å²) in [6.45, 7) is 4.07. The van der Waals surface area contributed by atoms with E-state index in [4.69, 9.17) is 0 Å². The van der Waals surface area contributed by atoms with Crippen molar-refractivity contribution >= 4 is 22.7 Å². The van der Waals surface area contributed by atoms with Gasteiger partial charge in [0.25, 0.3) is 0 Å². The first-order valence-corrected chi connectivity index (χ1v) is 7.24. The molecule has 5 heteroatoms. The Balaban J connectivity index is 1.67. The molecule has 0 saturated carbocycles. The largest absolute Gasteiger partial charge is 0.353 e. The van der Waals surface area contributed by atoms with Gasteiger partial charge < -0.3 is 14.8 Å². The molecule has 5 nitrogen and oxygen atoms in total. The normalized spacial score (nSPS) is 15.3. The van der Waals surface area contributed by atoms with Crippen LogP contribution in [0.4, 0.5) is 0 Å². The second-order valence-electron chi connectivity index (χ2n) is 5.43. The number of aryl methyl sites for hydroxylation is 2. The van der Waals surface area contributed by atoms with E-state index in [9.17, 15) is 9.59 Å². The molecule has 110 valence electrons. The molecule has 0 unspecified atom stereocenters. The Morgan fingerprint density at radius 1 is 1.33 bits per heavy atom. The van der Waals surface area contributed by atoms with Gasteiger partial charge in [-0.3, -0.25) is 9.59 Å². The molecule has 1 aromatic heterocycles. The number of nitrogens with zero attached hydrogens (tertiary/aromatic N) is 2. The molecule has 2 amide bonds. The average Bonchev–Trinajstić information content (AvgIpc) is 2.89. The standard InChI is InChI=1S/C16H19N3O2/c1-12-3-2-4-14-13(12)5-8-18(14)9-6-16(21)19-10-7-17-15(20)11-19/h2-5,8H,6-7,9-11H2,1H3,(H,17,20). The van der Waals surface area contributed by atoms with Gasteiger partial charge in [0.05, 0.1) is 6.54 Å². The van der Waals surface area contributed by atoms with Crippen molar-refractivity contribution < 1.29 is 9.59 Å². The van der Waals surface area contributed by atoms with E-state index in [1.807, 2.05) is 12.3 Å². The summed E-state index contributed by atoms with van der Waals surface area (Å²) >= 11 is 0. The van der Waals surface area contributed by atoms with Crippen LogP contribution >= 0.6 is 0 Å². The molecule has 2 heterocycles. The van der Waals surface area contributed by atoms with Gasteiger partial charge in [-0.05, 0) is 24.6 Å². The molecule has 0 aliphatic carbocycles. The number of carbonyl (C=O) groups excluding carboxylic acids is 2. The van der Waals surface area contributed by atoms with Crippen LogP contribution < -0.4 is 5.32 Å². The molecule has 0 bridgehead atoms. The van der Waals surface area contributed by atoms with E-state index < -0.39 is 0 Å². The van der Waals surface area contributed by atoms with Gasteiger partial charge >= 0.3 is 0 Å². The highest BCUT2D eigenvalue weighted by atomic mass is 16.2. The fraction of sp³-hybridized carbons (Fsp3) is 0.375. The molecule has 1 aliphatic heterocycles. The second kappa shape index (κ2) is 5.60. The number of fused-ring (bicyclic) bond motifs is 1. The Morgan fingerprint density at radius 2 is 2.19 bits per heavy atom. The maximum atomic E-state index is 12.2. The van der Waals surface area contributed by atoms with E-state index in [0.29, 0.717) is 26.1 Å².